The normalized spacial score (nSPS) is 36.4. The van der Waals surface area contributed by atoms with Crippen molar-refractivity contribution in [1.29, 1.82) is 0 Å². The molecule has 6 nitrogen and oxygen atoms in total. The monoisotopic (exact) mass is 284 g/mol. The molecule has 1 N–H and O–H groups in total. The molecule has 0 aliphatic carbocycles. The van der Waals surface area contributed by atoms with Crippen molar-refractivity contribution in [2.45, 2.75) is 43.6 Å². The molecule has 104 valence electrons. The third kappa shape index (κ3) is 1.96. The van der Waals surface area contributed by atoms with Gasteiger partial charge >= 0.3 is 5.69 Å². The minimum absolute atomic E-state index is 0.0590. The van der Waals surface area contributed by atoms with Crippen LogP contribution in [0.1, 0.15) is 26.1 Å². The number of aromatic amines is 1. The summed E-state index contributed by atoms with van der Waals surface area (Å²) in [6.45, 7) is 5.69. The molecule has 7 heteroatoms. The quantitative estimate of drug-likeness (QED) is 0.821. The highest BCUT2D eigenvalue weighted by Gasteiger charge is 2.59. The first kappa shape index (κ1) is 13.0. The van der Waals surface area contributed by atoms with Gasteiger partial charge in [-0.15, -0.1) is 11.8 Å². The van der Waals surface area contributed by atoms with Gasteiger partial charge in [0.1, 0.15) is 17.1 Å². The Morgan fingerprint density at radius 3 is 2.84 bits per heavy atom. The standard InChI is InChI=1S/C12H16N2O4S/c1-11(2)17-7-6-19-9(12(7,3)18-11)14-5-4-8(15)13-10(14)16/h4-5,7,9H,6H2,1-3H3,(H,13,15,16)/t7-,9-,12-/m0/s1. The van der Waals surface area contributed by atoms with Gasteiger partial charge in [-0.05, 0) is 20.8 Å². The van der Waals surface area contributed by atoms with E-state index in [2.05, 4.69) is 4.98 Å². The number of hydrogen-bond donors (Lipinski definition) is 1. The van der Waals surface area contributed by atoms with Crippen LogP contribution in [-0.2, 0) is 9.47 Å². The van der Waals surface area contributed by atoms with Crippen LogP contribution in [0.25, 0.3) is 0 Å². The van der Waals surface area contributed by atoms with Crippen LogP contribution in [0.5, 0.6) is 0 Å². The molecular formula is C12H16N2O4S. The molecule has 2 aliphatic rings. The zero-order valence-corrected chi connectivity index (χ0v) is 11.8. The molecule has 3 rings (SSSR count). The molecular weight excluding hydrogens is 268 g/mol. The Morgan fingerprint density at radius 2 is 2.16 bits per heavy atom. The molecule has 2 fully saturated rings. The highest BCUT2D eigenvalue weighted by Crippen LogP contribution is 2.53. The molecule has 0 saturated carbocycles. The SMILES string of the molecule is CC1(C)O[C@H]2CS[C@H](n3ccc(=O)[nH]c3=O)[C@@]2(C)O1. The van der Waals surface area contributed by atoms with Gasteiger partial charge in [-0.25, -0.2) is 4.79 Å². The second kappa shape index (κ2) is 3.97. The number of H-pyrrole nitrogens is 1. The van der Waals surface area contributed by atoms with E-state index in [0.29, 0.717) is 0 Å². The van der Waals surface area contributed by atoms with Crippen LogP contribution in [0.4, 0.5) is 0 Å². The van der Waals surface area contributed by atoms with Crippen LogP contribution < -0.4 is 11.2 Å². The molecule has 1 aromatic rings. The van der Waals surface area contributed by atoms with E-state index in [1.165, 1.54) is 16.8 Å². The molecule has 0 unspecified atom stereocenters. The summed E-state index contributed by atoms with van der Waals surface area (Å²) in [5.74, 6) is 0.112. The molecule has 0 amide bonds. The smallest absolute Gasteiger partial charge is 0.329 e. The summed E-state index contributed by atoms with van der Waals surface area (Å²) < 4.78 is 13.4. The van der Waals surface area contributed by atoms with Gasteiger partial charge in [0, 0.05) is 18.0 Å². The van der Waals surface area contributed by atoms with Crippen molar-refractivity contribution in [2.75, 3.05) is 5.75 Å². The highest BCUT2D eigenvalue weighted by atomic mass is 32.2. The van der Waals surface area contributed by atoms with Crippen molar-refractivity contribution in [3.05, 3.63) is 33.1 Å². The number of hydrogen-bond acceptors (Lipinski definition) is 5. The molecule has 3 heterocycles. The predicted molar refractivity (Wildman–Crippen MR) is 71.3 cm³/mol. The molecule has 19 heavy (non-hydrogen) atoms. The maximum atomic E-state index is 11.9. The second-order valence-electron chi connectivity index (χ2n) is 5.50. The summed E-state index contributed by atoms with van der Waals surface area (Å²) in [6.07, 6.45) is 1.46. The van der Waals surface area contributed by atoms with Crippen molar-refractivity contribution in [3.8, 4) is 0 Å². The number of thioether (sulfide) groups is 1. The number of fused-ring (bicyclic) bond motifs is 1. The van der Waals surface area contributed by atoms with E-state index in [-0.39, 0.29) is 11.5 Å². The molecule has 2 saturated heterocycles. The number of nitrogens with one attached hydrogen (secondary N) is 1. The molecule has 1 aromatic heterocycles. The van der Waals surface area contributed by atoms with E-state index < -0.39 is 22.6 Å². The van der Waals surface area contributed by atoms with Gasteiger partial charge < -0.3 is 9.47 Å². The lowest BCUT2D eigenvalue weighted by Crippen LogP contribution is -2.44. The fraction of sp³-hybridized carbons (Fsp3) is 0.667. The van der Waals surface area contributed by atoms with Crippen molar-refractivity contribution in [1.82, 2.24) is 9.55 Å². The van der Waals surface area contributed by atoms with Crippen LogP contribution in [0.15, 0.2) is 21.9 Å². The fourth-order valence-electron chi connectivity index (χ4n) is 2.80. The molecule has 0 aromatic carbocycles. The fourth-order valence-corrected chi connectivity index (χ4v) is 4.41. The van der Waals surface area contributed by atoms with E-state index in [9.17, 15) is 9.59 Å². The highest BCUT2D eigenvalue weighted by molar-refractivity contribution is 7.99. The second-order valence-corrected chi connectivity index (χ2v) is 6.61. The van der Waals surface area contributed by atoms with Gasteiger partial charge in [0.25, 0.3) is 5.56 Å². The Bertz CT molecular complexity index is 623. The summed E-state index contributed by atoms with van der Waals surface area (Å²) in [6, 6.07) is 1.35. The lowest BCUT2D eigenvalue weighted by atomic mass is 10.0. The van der Waals surface area contributed by atoms with Crippen molar-refractivity contribution in [3.63, 3.8) is 0 Å². The van der Waals surface area contributed by atoms with Gasteiger partial charge in [0.2, 0.25) is 0 Å². The van der Waals surface area contributed by atoms with Crippen molar-refractivity contribution in [2.24, 2.45) is 0 Å². The Balaban J connectivity index is 2.03. The van der Waals surface area contributed by atoms with E-state index in [1.807, 2.05) is 20.8 Å². The van der Waals surface area contributed by atoms with Crippen LogP contribution in [-0.4, -0.2) is 32.8 Å². The Hall–Kier alpha value is -1.05. The molecule has 0 radical (unpaired) electrons. The van der Waals surface area contributed by atoms with E-state index in [1.54, 1.807) is 11.8 Å². The first-order chi connectivity index (χ1) is 8.82. The predicted octanol–water partition coefficient (Wildman–Crippen LogP) is 0.692. The van der Waals surface area contributed by atoms with Gasteiger partial charge in [-0.3, -0.25) is 14.3 Å². The zero-order valence-electron chi connectivity index (χ0n) is 11.0. The number of ether oxygens (including phenoxy) is 2. The maximum absolute atomic E-state index is 11.9. The summed E-state index contributed by atoms with van der Waals surface area (Å²) >= 11 is 1.60. The summed E-state index contributed by atoms with van der Waals surface area (Å²) in [5, 5.41) is -0.205. The Labute approximate surface area is 114 Å². The van der Waals surface area contributed by atoms with Crippen LogP contribution >= 0.6 is 11.8 Å². The molecule has 2 aliphatic heterocycles. The molecule has 3 atom stereocenters. The summed E-state index contributed by atoms with van der Waals surface area (Å²) in [5.41, 5.74) is -1.38. The lowest BCUT2D eigenvalue weighted by Gasteiger charge is -2.30. The van der Waals surface area contributed by atoms with Crippen LogP contribution in [0.3, 0.4) is 0 Å². The minimum Gasteiger partial charge on any atom is -0.343 e. The average Bonchev–Trinajstić information content (AvgIpc) is 2.67. The van der Waals surface area contributed by atoms with Crippen molar-refractivity contribution < 1.29 is 9.47 Å². The zero-order chi connectivity index (χ0) is 13.8. The Kier molecular flexibility index (Phi) is 2.71. The van der Waals surface area contributed by atoms with E-state index >= 15 is 0 Å². The average molecular weight is 284 g/mol. The Morgan fingerprint density at radius 1 is 1.42 bits per heavy atom. The minimum atomic E-state index is -0.648. The van der Waals surface area contributed by atoms with Crippen LogP contribution in [0.2, 0.25) is 0 Å². The molecule has 0 bridgehead atoms. The van der Waals surface area contributed by atoms with Gasteiger partial charge in [0.05, 0.1) is 0 Å². The third-order valence-corrected chi connectivity index (χ3v) is 5.04. The number of aromatic nitrogens is 2. The third-order valence-electron chi connectivity index (χ3n) is 3.53. The topological polar surface area (TPSA) is 73.3 Å². The first-order valence-corrected chi connectivity index (χ1v) is 7.18. The molecule has 0 spiro atoms. The largest absolute Gasteiger partial charge is 0.343 e. The maximum Gasteiger partial charge on any atom is 0.329 e. The summed E-state index contributed by atoms with van der Waals surface area (Å²) in [7, 11) is 0. The first-order valence-electron chi connectivity index (χ1n) is 6.13. The van der Waals surface area contributed by atoms with E-state index in [0.717, 1.165) is 5.75 Å². The van der Waals surface area contributed by atoms with E-state index in [4.69, 9.17) is 9.47 Å². The van der Waals surface area contributed by atoms with Crippen molar-refractivity contribution >= 4 is 11.8 Å². The number of rotatable bonds is 1. The van der Waals surface area contributed by atoms with Crippen LogP contribution in [0, 0.1) is 0 Å². The van der Waals surface area contributed by atoms with Gasteiger partial charge in [-0.2, -0.15) is 0 Å². The lowest BCUT2D eigenvalue weighted by molar-refractivity contribution is -0.163. The van der Waals surface area contributed by atoms with Gasteiger partial charge in [0.15, 0.2) is 5.79 Å². The van der Waals surface area contributed by atoms with Gasteiger partial charge in [-0.1, -0.05) is 0 Å². The summed E-state index contributed by atoms with van der Waals surface area (Å²) in [4.78, 5) is 25.3. The number of nitrogens with zero attached hydrogens (tertiary/aromatic N) is 1.